The van der Waals surface area contributed by atoms with E-state index in [0.29, 0.717) is 5.56 Å². The monoisotopic (exact) mass is 385 g/mol. The summed E-state index contributed by atoms with van der Waals surface area (Å²) in [4.78, 5) is 24.6. The molecule has 0 aliphatic heterocycles. The van der Waals surface area contributed by atoms with Gasteiger partial charge in [-0.2, -0.15) is 0 Å². The standard InChI is InChI=1S/C20H19NO5S/c1-12(2)26-18-11-17(22)20(23)19-15(18)5-4-6-16(19)21-27(24,25)14-9-7-13(3)8-10-14/h4-12,21H,1-3H3. The quantitative estimate of drug-likeness (QED) is 0.798. The molecular weight excluding hydrogens is 366 g/mol. The normalized spacial score (nSPS) is 14.0. The number of anilines is 1. The highest BCUT2D eigenvalue weighted by Gasteiger charge is 2.31. The van der Waals surface area contributed by atoms with Crippen molar-refractivity contribution in [1.29, 1.82) is 0 Å². The molecule has 27 heavy (non-hydrogen) atoms. The van der Waals surface area contributed by atoms with Gasteiger partial charge < -0.3 is 4.74 Å². The van der Waals surface area contributed by atoms with Gasteiger partial charge in [0.25, 0.3) is 10.0 Å². The van der Waals surface area contributed by atoms with Crippen molar-refractivity contribution in [1.82, 2.24) is 0 Å². The molecule has 0 saturated heterocycles. The molecule has 0 heterocycles. The number of fused-ring (bicyclic) bond motifs is 1. The highest BCUT2D eigenvalue weighted by molar-refractivity contribution is 7.92. The lowest BCUT2D eigenvalue weighted by molar-refractivity contribution is -0.111. The Bertz CT molecular complexity index is 1050. The van der Waals surface area contributed by atoms with Gasteiger partial charge in [-0.15, -0.1) is 0 Å². The number of rotatable bonds is 5. The Morgan fingerprint density at radius 2 is 1.67 bits per heavy atom. The van der Waals surface area contributed by atoms with Crippen LogP contribution in [0.25, 0.3) is 5.76 Å². The van der Waals surface area contributed by atoms with Crippen LogP contribution in [0.1, 0.15) is 35.3 Å². The van der Waals surface area contributed by atoms with Crippen molar-refractivity contribution in [2.75, 3.05) is 4.72 Å². The first-order chi connectivity index (χ1) is 12.7. The highest BCUT2D eigenvalue weighted by atomic mass is 32.2. The van der Waals surface area contributed by atoms with Crippen LogP contribution in [0, 0.1) is 6.92 Å². The maximum atomic E-state index is 12.7. The van der Waals surface area contributed by atoms with Crippen molar-refractivity contribution < 1.29 is 22.7 Å². The molecule has 1 aliphatic rings. The molecule has 7 heteroatoms. The number of nitrogens with one attached hydrogen (secondary N) is 1. The summed E-state index contributed by atoms with van der Waals surface area (Å²) in [5.74, 6) is -1.27. The third kappa shape index (κ3) is 3.78. The molecule has 3 rings (SSSR count). The second-order valence-corrected chi connectivity index (χ2v) is 8.20. The second kappa shape index (κ2) is 7.00. The predicted octanol–water partition coefficient (Wildman–Crippen LogP) is 3.33. The van der Waals surface area contributed by atoms with Crippen LogP contribution in [-0.2, 0) is 19.6 Å². The van der Waals surface area contributed by atoms with Gasteiger partial charge in [-0.1, -0.05) is 29.8 Å². The zero-order valence-corrected chi connectivity index (χ0v) is 16.0. The van der Waals surface area contributed by atoms with Crippen LogP contribution >= 0.6 is 0 Å². The minimum absolute atomic E-state index is 0.00339. The number of allylic oxidation sites excluding steroid dienone is 1. The van der Waals surface area contributed by atoms with Gasteiger partial charge in [0.1, 0.15) is 5.76 Å². The Balaban J connectivity index is 2.06. The molecule has 0 aromatic heterocycles. The molecule has 0 atom stereocenters. The summed E-state index contributed by atoms with van der Waals surface area (Å²) in [6, 6.07) is 11.0. The lowest BCUT2D eigenvalue weighted by Crippen LogP contribution is -2.24. The average Bonchev–Trinajstić information content (AvgIpc) is 2.59. The summed E-state index contributed by atoms with van der Waals surface area (Å²) in [5, 5.41) is 0. The van der Waals surface area contributed by atoms with E-state index in [4.69, 9.17) is 4.74 Å². The van der Waals surface area contributed by atoms with Crippen molar-refractivity contribution in [3.63, 3.8) is 0 Å². The van der Waals surface area contributed by atoms with Crippen LogP contribution in [0.2, 0.25) is 0 Å². The van der Waals surface area contributed by atoms with Crippen LogP contribution in [0.5, 0.6) is 0 Å². The lowest BCUT2D eigenvalue weighted by Gasteiger charge is -2.21. The maximum absolute atomic E-state index is 12.7. The number of hydrogen-bond acceptors (Lipinski definition) is 5. The molecule has 2 aromatic rings. The first kappa shape index (κ1) is 18.8. The predicted molar refractivity (Wildman–Crippen MR) is 102 cm³/mol. The van der Waals surface area contributed by atoms with Gasteiger partial charge in [-0.25, -0.2) is 8.42 Å². The summed E-state index contributed by atoms with van der Waals surface area (Å²) in [5.41, 5.74) is 1.35. The lowest BCUT2D eigenvalue weighted by atomic mass is 9.92. The van der Waals surface area contributed by atoms with Gasteiger partial charge in [0, 0.05) is 11.6 Å². The van der Waals surface area contributed by atoms with E-state index >= 15 is 0 Å². The molecule has 0 amide bonds. The van der Waals surface area contributed by atoms with Crippen molar-refractivity contribution >= 4 is 33.0 Å². The van der Waals surface area contributed by atoms with Crippen LogP contribution in [0.3, 0.4) is 0 Å². The number of carbonyl (C=O) groups excluding carboxylic acids is 2. The van der Waals surface area contributed by atoms with E-state index in [-0.39, 0.29) is 28.0 Å². The van der Waals surface area contributed by atoms with Gasteiger partial charge in [0.15, 0.2) is 0 Å². The minimum Gasteiger partial charge on any atom is -0.490 e. The zero-order valence-electron chi connectivity index (χ0n) is 15.1. The molecule has 0 bridgehead atoms. The summed E-state index contributed by atoms with van der Waals surface area (Å²) in [6.07, 6.45) is 0.932. The van der Waals surface area contributed by atoms with Crippen LogP contribution < -0.4 is 4.72 Å². The molecule has 0 unspecified atom stereocenters. The van der Waals surface area contributed by atoms with Gasteiger partial charge in [-0.3, -0.25) is 14.3 Å². The second-order valence-electron chi connectivity index (χ2n) is 6.52. The molecular formula is C20H19NO5S. The number of aryl methyl sites for hydroxylation is 1. The fourth-order valence-electron chi connectivity index (χ4n) is 2.75. The van der Waals surface area contributed by atoms with Crippen molar-refractivity contribution in [2.45, 2.75) is 31.8 Å². The zero-order chi connectivity index (χ0) is 19.8. The molecule has 0 saturated carbocycles. The van der Waals surface area contributed by atoms with E-state index < -0.39 is 21.6 Å². The van der Waals surface area contributed by atoms with Gasteiger partial charge in [0.2, 0.25) is 11.6 Å². The molecule has 1 aliphatic carbocycles. The number of ether oxygens (including phenoxy) is 1. The third-order valence-corrected chi connectivity index (χ3v) is 5.36. The van der Waals surface area contributed by atoms with Crippen molar-refractivity contribution in [2.24, 2.45) is 0 Å². The Hall–Kier alpha value is -2.93. The van der Waals surface area contributed by atoms with Crippen LogP contribution in [0.15, 0.2) is 53.4 Å². The fourth-order valence-corrected chi connectivity index (χ4v) is 3.82. The average molecular weight is 385 g/mol. The Kier molecular flexibility index (Phi) is 4.89. The maximum Gasteiger partial charge on any atom is 0.261 e. The summed E-state index contributed by atoms with van der Waals surface area (Å²) in [7, 11) is -3.92. The molecule has 6 nitrogen and oxygen atoms in total. The van der Waals surface area contributed by atoms with E-state index in [0.717, 1.165) is 11.6 Å². The molecule has 2 aromatic carbocycles. The van der Waals surface area contributed by atoms with Gasteiger partial charge >= 0.3 is 0 Å². The van der Waals surface area contributed by atoms with E-state index in [2.05, 4.69) is 4.72 Å². The number of carbonyl (C=O) groups is 2. The Morgan fingerprint density at radius 1 is 1.00 bits per heavy atom. The number of hydrogen-bond donors (Lipinski definition) is 1. The van der Waals surface area contributed by atoms with Gasteiger partial charge in [0.05, 0.1) is 22.3 Å². The Morgan fingerprint density at radius 3 is 2.30 bits per heavy atom. The SMILES string of the molecule is Cc1ccc(S(=O)(=O)Nc2cccc3c2C(=O)C(=O)C=C3OC(C)C)cc1. The number of ketones is 2. The third-order valence-electron chi connectivity index (χ3n) is 3.98. The molecule has 0 fully saturated rings. The van der Waals surface area contributed by atoms with Gasteiger partial charge in [-0.05, 0) is 39.0 Å². The first-order valence-electron chi connectivity index (χ1n) is 8.39. The number of benzene rings is 2. The van der Waals surface area contributed by atoms with Crippen molar-refractivity contribution in [3.05, 3.63) is 65.2 Å². The number of Topliss-reactive ketones (excluding diaryl/α,β-unsaturated/α-hetero) is 1. The Labute approximate surface area is 157 Å². The summed E-state index contributed by atoms with van der Waals surface area (Å²) < 4.78 is 33.4. The van der Waals surface area contributed by atoms with Crippen LogP contribution in [0.4, 0.5) is 5.69 Å². The topological polar surface area (TPSA) is 89.5 Å². The largest absolute Gasteiger partial charge is 0.490 e. The summed E-state index contributed by atoms with van der Waals surface area (Å²) in [6.45, 7) is 5.45. The van der Waals surface area contributed by atoms with Crippen LogP contribution in [-0.4, -0.2) is 26.1 Å². The first-order valence-corrected chi connectivity index (χ1v) is 9.87. The molecule has 0 spiro atoms. The molecule has 1 N–H and O–H groups in total. The van der Waals surface area contributed by atoms with E-state index in [1.54, 1.807) is 38.1 Å². The van der Waals surface area contributed by atoms with E-state index in [1.165, 1.54) is 18.2 Å². The number of sulfonamides is 1. The van der Waals surface area contributed by atoms with E-state index in [1.807, 2.05) is 6.92 Å². The fraction of sp³-hybridized carbons (Fsp3) is 0.200. The molecule has 0 radical (unpaired) electrons. The van der Waals surface area contributed by atoms with Crippen molar-refractivity contribution in [3.8, 4) is 0 Å². The smallest absolute Gasteiger partial charge is 0.261 e. The highest BCUT2D eigenvalue weighted by Crippen LogP contribution is 2.33. The van der Waals surface area contributed by atoms with E-state index in [9.17, 15) is 18.0 Å². The molecule has 140 valence electrons. The minimum atomic E-state index is -3.92. The summed E-state index contributed by atoms with van der Waals surface area (Å²) >= 11 is 0.